The Labute approximate surface area is 198 Å². The number of aromatic nitrogens is 2. The molecule has 3 heterocycles. The van der Waals surface area contributed by atoms with E-state index in [9.17, 15) is 9.59 Å². The third-order valence-electron chi connectivity index (χ3n) is 7.09. The molecule has 1 fully saturated rings. The van der Waals surface area contributed by atoms with E-state index in [1.54, 1.807) is 22.2 Å². The van der Waals surface area contributed by atoms with Crippen LogP contribution in [0.5, 0.6) is 0 Å². The number of aryl methyl sites for hydroxylation is 3. The van der Waals surface area contributed by atoms with Crippen molar-refractivity contribution in [2.45, 2.75) is 77.4 Å². The topological polar surface area (TPSA) is 67.2 Å². The summed E-state index contributed by atoms with van der Waals surface area (Å²) in [7, 11) is 0. The fraction of sp³-hybridized carbons (Fsp3) is 0.500. The van der Waals surface area contributed by atoms with Gasteiger partial charge in [0.1, 0.15) is 4.83 Å². The maximum Gasteiger partial charge on any atom is 0.262 e. The summed E-state index contributed by atoms with van der Waals surface area (Å²) in [6.45, 7) is 4.76. The number of nitrogens with one attached hydrogen (secondary N) is 1. The van der Waals surface area contributed by atoms with Gasteiger partial charge in [-0.2, -0.15) is 0 Å². The molecule has 1 aliphatic carbocycles. The molecule has 0 saturated carbocycles. The highest BCUT2D eigenvalue weighted by Crippen LogP contribution is 2.33. The van der Waals surface area contributed by atoms with Crippen LogP contribution < -0.4 is 10.9 Å². The van der Waals surface area contributed by atoms with E-state index < -0.39 is 0 Å². The van der Waals surface area contributed by atoms with E-state index in [4.69, 9.17) is 0 Å². The van der Waals surface area contributed by atoms with Gasteiger partial charge in [0, 0.05) is 36.1 Å². The highest BCUT2D eigenvalue weighted by Gasteiger charge is 2.20. The molecule has 5 rings (SSSR count). The SMILES string of the molecule is C[C@@H]1CCCCN1Cc1ccc(NC(=O)CCn2cnc3sc4c(c3c2=O)CCCC4)cc1. The first-order chi connectivity index (χ1) is 16.1. The van der Waals surface area contributed by atoms with E-state index in [-0.39, 0.29) is 17.9 Å². The molecule has 0 bridgehead atoms. The van der Waals surface area contributed by atoms with Crippen LogP contribution in [0.2, 0.25) is 0 Å². The number of anilines is 1. The Kier molecular flexibility index (Phi) is 6.60. The monoisotopic (exact) mass is 464 g/mol. The second kappa shape index (κ2) is 9.77. The first kappa shape index (κ1) is 22.3. The minimum absolute atomic E-state index is 0.0107. The molecule has 0 radical (unpaired) electrons. The van der Waals surface area contributed by atoms with Gasteiger partial charge in [0.05, 0.1) is 11.7 Å². The Morgan fingerprint density at radius 2 is 1.97 bits per heavy atom. The summed E-state index contributed by atoms with van der Waals surface area (Å²) < 4.78 is 1.59. The van der Waals surface area contributed by atoms with Gasteiger partial charge in [0.2, 0.25) is 5.91 Å². The van der Waals surface area contributed by atoms with Crippen LogP contribution in [0, 0.1) is 0 Å². The van der Waals surface area contributed by atoms with Crippen LogP contribution in [0.4, 0.5) is 5.69 Å². The van der Waals surface area contributed by atoms with Gasteiger partial charge in [-0.25, -0.2) is 4.98 Å². The van der Waals surface area contributed by atoms with Crippen LogP contribution in [-0.2, 0) is 30.7 Å². The number of amides is 1. The molecule has 1 atom stereocenters. The smallest absolute Gasteiger partial charge is 0.262 e. The molecule has 1 N–H and O–H groups in total. The van der Waals surface area contributed by atoms with E-state index in [2.05, 4.69) is 34.3 Å². The number of likely N-dealkylation sites (tertiary alicyclic amines) is 1. The van der Waals surface area contributed by atoms with Crippen LogP contribution in [0.25, 0.3) is 10.2 Å². The average Bonchev–Trinajstić information content (AvgIpc) is 3.21. The average molecular weight is 465 g/mol. The molecule has 2 aromatic heterocycles. The van der Waals surface area contributed by atoms with E-state index in [0.29, 0.717) is 12.6 Å². The summed E-state index contributed by atoms with van der Waals surface area (Å²) in [6, 6.07) is 8.77. The number of thiophene rings is 1. The molecular formula is C26H32N4O2S. The zero-order chi connectivity index (χ0) is 22.8. The lowest BCUT2D eigenvalue weighted by atomic mass is 9.97. The molecule has 0 unspecified atom stereocenters. The second-order valence-electron chi connectivity index (χ2n) is 9.44. The number of carbonyl (C=O) groups excluding carboxylic acids is 1. The maximum absolute atomic E-state index is 13.1. The zero-order valence-electron chi connectivity index (χ0n) is 19.3. The number of rotatable bonds is 6. The van der Waals surface area contributed by atoms with Crippen LogP contribution in [0.1, 0.15) is 61.5 Å². The molecule has 174 valence electrons. The third kappa shape index (κ3) is 4.89. The van der Waals surface area contributed by atoms with E-state index in [1.165, 1.54) is 41.7 Å². The lowest BCUT2D eigenvalue weighted by molar-refractivity contribution is -0.116. The number of hydrogen-bond donors (Lipinski definition) is 1. The highest BCUT2D eigenvalue weighted by atomic mass is 32.1. The fourth-order valence-electron chi connectivity index (χ4n) is 5.11. The van der Waals surface area contributed by atoms with Crippen molar-refractivity contribution in [3.05, 3.63) is 57.0 Å². The molecule has 1 aromatic carbocycles. The van der Waals surface area contributed by atoms with Crippen LogP contribution in [0.15, 0.2) is 35.4 Å². The summed E-state index contributed by atoms with van der Waals surface area (Å²) >= 11 is 1.65. The molecule has 0 spiro atoms. The van der Waals surface area contributed by atoms with Gasteiger partial charge in [-0.15, -0.1) is 11.3 Å². The highest BCUT2D eigenvalue weighted by molar-refractivity contribution is 7.18. The number of benzene rings is 1. The van der Waals surface area contributed by atoms with Gasteiger partial charge >= 0.3 is 0 Å². The number of piperidine rings is 1. The number of nitrogens with zero attached hydrogens (tertiary/aromatic N) is 3. The van der Waals surface area contributed by atoms with Crippen molar-refractivity contribution in [2.75, 3.05) is 11.9 Å². The normalized spacial score (nSPS) is 18.9. The summed E-state index contributed by atoms with van der Waals surface area (Å²) in [5.41, 5.74) is 3.25. The number of carbonyl (C=O) groups is 1. The summed E-state index contributed by atoms with van der Waals surface area (Å²) in [4.78, 5) is 34.8. The molecule has 3 aromatic rings. The molecular weight excluding hydrogens is 432 g/mol. The quantitative estimate of drug-likeness (QED) is 0.572. The van der Waals surface area contributed by atoms with Crippen molar-refractivity contribution in [2.24, 2.45) is 0 Å². The lowest BCUT2D eigenvalue weighted by Crippen LogP contribution is -2.36. The van der Waals surface area contributed by atoms with Crippen LogP contribution >= 0.6 is 11.3 Å². The minimum Gasteiger partial charge on any atom is -0.326 e. The van der Waals surface area contributed by atoms with Crippen molar-refractivity contribution < 1.29 is 4.79 Å². The Bertz CT molecular complexity index is 1200. The zero-order valence-corrected chi connectivity index (χ0v) is 20.1. The predicted octanol–water partition coefficient (Wildman–Crippen LogP) is 4.74. The van der Waals surface area contributed by atoms with Crippen LogP contribution in [0.3, 0.4) is 0 Å². The van der Waals surface area contributed by atoms with Crippen molar-refractivity contribution in [3.8, 4) is 0 Å². The predicted molar refractivity (Wildman–Crippen MR) is 134 cm³/mol. The van der Waals surface area contributed by atoms with E-state index >= 15 is 0 Å². The van der Waals surface area contributed by atoms with Crippen molar-refractivity contribution in [1.82, 2.24) is 14.5 Å². The Morgan fingerprint density at radius 1 is 1.15 bits per heavy atom. The summed E-state index contributed by atoms with van der Waals surface area (Å²) in [5.74, 6) is -0.0910. The van der Waals surface area contributed by atoms with Gasteiger partial charge in [0.15, 0.2) is 0 Å². The fourth-order valence-corrected chi connectivity index (χ4v) is 6.33. The first-order valence-electron chi connectivity index (χ1n) is 12.2. The molecule has 6 nitrogen and oxygen atoms in total. The Balaban J connectivity index is 1.19. The molecule has 33 heavy (non-hydrogen) atoms. The van der Waals surface area contributed by atoms with E-state index in [0.717, 1.165) is 48.3 Å². The molecule has 1 amide bonds. The Morgan fingerprint density at radius 3 is 2.79 bits per heavy atom. The van der Waals surface area contributed by atoms with Crippen LogP contribution in [-0.4, -0.2) is 32.9 Å². The number of fused-ring (bicyclic) bond motifs is 3. The minimum atomic E-state index is -0.0910. The summed E-state index contributed by atoms with van der Waals surface area (Å²) in [5, 5.41) is 3.74. The standard InChI is InChI=1S/C26H32N4O2S/c1-18-6-4-5-14-29(18)16-19-9-11-20(12-10-19)28-23(31)13-15-30-17-27-25-24(26(30)32)21-7-2-3-8-22(21)33-25/h9-12,17-18H,2-8,13-16H2,1H3,(H,28,31)/t18-/m1/s1. The van der Waals surface area contributed by atoms with Crippen molar-refractivity contribution in [1.29, 1.82) is 0 Å². The maximum atomic E-state index is 13.1. The third-order valence-corrected chi connectivity index (χ3v) is 8.29. The molecule has 1 saturated heterocycles. The van der Waals surface area contributed by atoms with E-state index in [1.807, 2.05) is 12.1 Å². The van der Waals surface area contributed by atoms with Gasteiger partial charge in [-0.05, 0) is 75.3 Å². The van der Waals surface area contributed by atoms with Gasteiger partial charge in [-0.1, -0.05) is 18.6 Å². The van der Waals surface area contributed by atoms with Gasteiger partial charge < -0.3 is 5.32 Å². The van der Waals surface area contributed by atoms with Gasteiger partial charge in [-0.3, -0.25) is 19.1 Å². The summed E-state index contributed by atoms with van der Waals surface area (Å²) in [6.07, 6.45) is 10.0. The van der Waals surface area contributed by atoms with Gasteiger partial charge in [0.25, 0.3) is 5.56 Å². The molecule has 1 aliphatic heterocycles. The largest absolute Gasteiger partial charge is 0.326 e. The molecule has 7 heteroatoms. The van der Waals surface area contributed by atoms with Crippen molar-refractivity contribution >= 4 is 33.1 Å². The number of hydrogen-bond acceptors (Lipinski definition) is 5. The van der Waals surface area contributed by atoms with Crippen molar-refractivity contribution in [3.63, 3.8) is 0 Å². The lowest BCUT2D eigenvalue weighted by Gasteiger charge is -2.33. The first-order valence-corrected chi connectivity index (χ1v) is 13.0. The Hall–Kier alpha value is -2.51. The second-order valence-corrected chi connectivity index (χ2v) is 10.5. The molecule has 2 aliphatic rings.